The largest absolute Gasteiger partial charge is 0.522 e. The average molecular weight is 468 g/mol. The van der Waals surface area contributed by atoms with Gasteiger partial charge in [0.1, 0.15) is 36.8 Å². The highest BCUT2D eigenvalue weighted by Gasteiger charge is 2.53. The van der Waals surface area contributed by atoms with E-state index in [1.165, 1.54) is 37.8 Å². The minimum atomic E-state index is -0.920. The van der Waals surface area contributed by atoms with Crippen molar-refractivity contribution in [1.82, 2.24) is 19.0 Å². The number of nitrogens with two attached hydrogens (primary N) is 1. The molecule has 2 amide bonds. The first-order valence-corrected chi connectivity index (χ1v) is 10.6. The Kier molecular flexibility index (Phi) is 6.12. The predicted molar refractivity (Wildman–Crippen MR) is 119 cm³/mol. The van der Waals surface area contributed by atoms with Gasteiger partial charge < -0.3 is 15.2 Å². The summed E-state index contributed by atoms with van der Waals surface area (Å²) in [6, 6.07) is 6.73. The van der Waals surface area contributed by atoms with Crippen molar-refractivity contribution in [3.63, 3.8) is 0 Å². The van der Waals surface area contributed by atoms with E-state index in [1.807, 2.05) is 0 Å². The van der Waals surface area contributed by atoms with Gasteiger partial charge in [-0.25, -0.2) is 19.2 Å². The number of pyridine rings is 1. The molecule has 0 spiro atoms. The maximum Gasteiger partial charge on any atom is 0.522 e. The summed E-state index contributed by atoms with van der Waals surface area (Å²) in [7, 11) is 0. The van der Waals surface area contributed by atoms with Crippen molar-refractivity contribution in [2.75, 3.05) is 19.8 Å². The number of rotatable bonds is 7. The third kappa shape index (κ3) is 3.90. The van der Waals surface area contributed by atoms with E-state index in [0.29, 0.717) is 11.4 Å². The molecular weight excluding hydrogens is 445 g/mol. The third-order valence-corrected chi connectivity index (χ3v) is 5.87. The van der Waals surface area contributed by atoms with Gasteiger partial charge in [0, 0.05) is 35.7 Å². The van der Waals surface area contributed by atoms with Crippen LogP contribution in [0.3, 0.4) is 0 Å². The first-order valence-electron chi connectivity index (χ1n) is 10.6. The molecule has 2 atom stereocenters. The van der Waals surface area contributed by atoms with Gasteiger partial charge >= 0.3 is 12.1 Å². The Labute approximate surface area is 194 Å². The lowest BCUT2D eigenvalue weighted by Crippen LogP contribution is -2.61. The monoisotopic (exact) mass is 468 g/mol. The van der Waals surface area contributed by atoms with Crippen molar-refractivity contribution < 1.29 is 28.2 Å². The van der Waals surface area contributed by atoms with Gasteiger partial charge in [-0.15, -0.1) is 0 Å². The van der Waals surface area contributed by atoms with Crippen LogP contribution >= 0.6 is 0 Å². The predicted octanol–water partition coefficient (Wildman–Crippen LogP) is 2.58. The lowest BCUT2D eigenvalue weighted by Gasteiger charge is -2.32. The Balaban J connectivity index is 1.62. The number of amides is 2. The summed E-state index contributed by atoms with van der Waals surface area (Å²) >= 11 is 0. The van der Waals surface area contributed by atoms with E-state index in [9.17, 15) is 14.4 Å². The molecule has 1 saturated heterocycles. The summed E-state index contributed by atoms with van der Waals surface area (Å²) in [6.45, 7) is 3.75. The van der Waals surface area contributed by atoms with Crippen LogP contribution in [0.4, 0.5) is 14.9 Å². The quantitative estimate of drug-likeness (QED) is 0.417. The topological polar surface area (TPSA) is 126 Å². The van der Waals surface area contributed by atoms with Crippen LogP contribution in [0.2, 0.25) is 0 Å². The molecule has 0 bridgehead atoms. The molecular formula is C23H23FN5O5+. The molecule has 11 heteroatoms. The Hall–Kier alpha value is -4.12. The zero-order chi connectivity index (χ0) is 24.5. The van der Waals surface area contributed by atoms with Crippen molar-refractivity contribution >= 4 is 23.7 Å². The summed E-state index contributed by atoms with van der Waals surface area (Å²) in [5, 5.41) is 0. The third-order valence-electron chi connectivity index (χ3n) is 5.87. The SMILES string of the molecule is CCOC(=O)c1cn(-c2ccc(-c3ccc([N+]4(C(C)C(N)=O)CCOC4=O)cc3F)cn2)cn1. The van der Waals surface area contributed by atoms with Crippen molar-refractivity contribution in [3.05, 3.63) is 60.6 Å². The van der Waals surface area contributed by atoms with E-state index in [2.05, 4.69) is 9.97 Å². The number of quaternary nitrogens is 1. The lowest BCUT2D eigenvalue weighted by atomic mass is 10.0. The lowest BCUT2D eigenvalue weighted by molar-refractivity contribution is -0.121. The number of aromatic nitrogens is 3. The van der Waals surface area contributed by atoms with Crippen LogP contribution in [0.15, 0.2) is 49.1 Å². The van der Waals surface area contributed by atoms with Gasteiger partial charge in [-0.2, -0.15) is 9.28 Å². The van der Waals surface area contributed by atoms with Gasteiger partial charge in [0.15, 0.2) is 11.7 Å². The Bertz CT molecular complexity index is 1260. The number of ether oxygens (including phenoxy) is 2. The normalized spacial score (nSPS) is 18.4. The minimum absolute atomic E-state index is 0.108. The van der Waals surface area contributed by atoms with E-state index in [-0.39, 0.29) is 36.7 Å². The van der Waals surface area contributed by atoms with Gasteiger partial charge in [0.25, 0.3) is 5.91 Å². The number of nitrogens with zero attached hydrogens (tertiary/aromatic N) is 4. The number of imidazole rings is 1. The number of carbonyl (C=O) groups excluding carboxylic acids is 3. The summed E-state index contributed by atoms with van der Waals surface area (Å²) in [5.74, 6) is -1.33. The first kappa shape index (κ1) is 23.1. The first-order chi connectivity index (χ1) is 16.3. The standard InChI is InChI=1S/C23H22FN5O5/c1-3-33-22(31)19-12-28(13-27-19)20-7-4-15(11-26-20)17-6-5-16(10-18(17)24)29(14(2)21(25)30)8-9-34-23(29)32/h4-7,10-14H,3,8-9H2,1-2H3,(H-,25,30)/p+1. The number of primary amides is 1. The zero-order valence-corrected chi connectivity index (χ0v) is 18.6. The Morgan fingerprint density at radius 2 is 2.09 bits per heavy atom. The molecule has 2 unspecified atom stereocenters. The van der Waals surface area contributed by atoms with E-state index in [0.717, 1.165) is 0 Å². The smallest absolute Gasteiger partial charge is 0.461 e. The number of hydrogen-bond acceptors (Lipinski definition) is 7. The number of carbonyl (C=O) groups is 3. The van der Waals surface area contributed by atoms with Crippen molar-refractivity contribution in [3.8, 4) is 16.9 Å². The summed E-state index contributed by atoms with van der Waals surface area (Å²) in [4.78, 5) is 44.5. The second kappa shape index (κ2) is 9.02. The van der Waals surface area contributed by atoms with E-state index in [4.69, 9.17) is 15.2 Å². The van der Waals surface area contributed by atoms with Gasteiger partial charge in [0.05, 0.1) is 6.61 Å². The molecule has 3 aromatic rings. The maximum atomic E-state index is 15.2. The fourth-order valence-electron chi connectivity index (χ4n) is 3.95. The van der Waals surface area contributed by atoms with E-state index in [1.54, 1.807) is 29.7 Å². The minimum Gasteiger partial charge on any atom is -0.461 e. The summed E-state index contributed by atoms with van der Waals surface area (Å²) < 4.78 is 26.2. The maximum absolute atomic E-state index is 15.2. The van der Waals surface area contributed by atoms with Crippen LogP contribution in [0.1, 0.15) is 24.3 Å². The molecule has 1 aromatic carbocycles. The molecule has 4 rings (SSSR count). The fraction of sp³-hybridized carbons (Fsp3) is 0.261. The number of esters is 1. The Morgan fingerprint density at radius 1 is 1.29 bits per heavy atom. The second-order valence-corrected chi connectivity index (χ2v) is 7.74. The van der Waals surface area contributed by atoms with Gasteiger partial charge in [0.2, 0.25) is 0 Å². The second-order valence-electron chi connectivity index (χ2n) is 7.74. The van der Waals surface area contributed by atoms with Crippen LogP contribution in [-0.2, 0) is 14.3 Å². The van der Waals surface area contributed by atoms with E-state index < -0.39 is 34.3 Å². The molecule has 0 aliphatic carbocycles. The molecule has 0 saturated carbocycles. The van der Waals surface area contributed by atoms with Crippen molar-refractivity contribution in [1.29, 1.82) is 0 Å². The molecule has 1 aliphatic heterocycles. The molecule has 2 aromatic heterocycles. The van der Waals surface area contributed by atoms with Crippen LogP contribution in [0.5, 0.6) is 0 Å². The number of benzene rings is 1. The van der Waals surface area contributed by atoms with Gasteiger partial charge in [-0.3, -0.25) is 9.36 Å². The van der Waals surface area contributed by atoms with Gasteiger partial charge in [-0.1, -0.05) is 0 Å². The number of halogens is 1. The van der Waals surface area contributed by atoms with Gasteiger partial charge in [-0.05, 0) is 32.0 Å². The van der Waals surface area contributed by atoms with Crippen molar-refractivity contribution in [2.45, 2.75) is 19.9 Å². The molecule has 176 valence electrons. The summed E-state index contributed by atoms with van der Waals surface area (Å²) in [6.07, 6.45) is 3.76. The average Bonchev–Trinajstić information content (AvgIpc) is 3.47. The molecule has 1 fully saturated rings. The number of hydrogen-bond donors (Lipinski definition) is 1. The molecule has 10 nitrogen and oxygen atoms in total. The summed E-state index contributed by atoms with van der Waals surface area (Å²) in [5.41, 5.74) is 6.65. The zero-order valence-electron chi connectivity index (χ0n) is 18.6. The highest BCUT2D eigenvalue weighted by atomic mass is 19.1. The van der Waals surface area contributed by atoms with Crippen LogP contribution < -0.4 is 10.2 Å². The molecule has 2 N–H and O–H groups in total. The van der Waals surface area contributed by atoms with Crippen LogP contribution in [0.25, 0.3) is 16.9 Å². The molecule has 3 heterocycles. The highest BCUT2D eigenvalue weighted by Crippen LogP contribution is 2.35. The van der Waals surface area contributed by atoms with E-state index >= 15 is 4.39 Å². The number of cyclic esters (lactones) is 1. The van der Waals surface area contributed by atoms with Crippen LogP contribution in [-0.4, -0.2) is 58.3 Å². The highest BCUT2D eigenvalue weighted by molar-refractivity contribution is 5.93. The fourth-order valence-corrected chi connectivity index (χ4v) is 3.95. The molecule has 0 radical (unpaired) electrons. The molecule has 1 aliphatic rings. The Morgan fingerprint density at radius 3 is 2.68 bits per heavy atom. The van der Waals surface area contributed by atoms with Crippen molar-refractivity contribution in [2.24, 2.45) is 5.73 Å². The van der Waals surface area contributed by atoms with Crippen LogP contribution in [0, 0.1) is 5.82 Å². The molecule has 34 heavy (non-hydrogen) atoms.